The van der Waals surface area contributed by atoms with E-state index in [4.69, 9.17) is 14.2 Å². The summed E-state index contributed by atoms with van der Waals surface area (Å²) in [4.78, 5) is 25.8. The van der Waals surface area contributed by atoms with E-state index < -0.39 is 11.9 Å². The quantitative estimate of drug-likeness (QED) is 0.504. The van der Waals surface area contributed by atoms with E-state index in [1.807, 2.05) is 0 Å². The normalized spacial score (nSPS) is 12.8. The summed E-state index contributed by atoms with van der Waals surface area (Å²) in [6.45, 7) is 10.2. The molecule has 0 fully saturated rings. The average molecular weight is 471 g/mol. The average Bonchev–Trinajstić information content (AvgIpc) is 2.81. The summed E-state index contributed by atoms with van der Waals surface area (Å²) in [7, 11) is 4.46. The zero-order valence-electron chi connectivity index (χ0n) is 21.5. The lowest BCUT2D eigenvalue weighted by atomic mass is 9.93. The number of carbonyl (C=O) groups is 2. The maximum Gasteiger partial charge on any atom is 0.252 e. The second-order valence-electron chi connectivity index (χ2n) is 9.18. The lowest BCUT2D eigenvalue weighted by Gasteiger charge is -2.25. The Labute approximate surface area is 203 Å². The van der Waals surface area contributed by atoms with Gasteiger partial charge in [-0.2, -0.15) is 0 Å². The fourth-order valence-electron chi connectivity index (χ4n) is 3.80. The number of carbonyl (C=O) groups excluding carboxylic acids is 2. The van der Waals surface area contributed by atoms with Crippen molar-refractivity contribution < 1.29 is 23.8 Å². The topological polar surface area (TPSA) is 85.9 Å². The van der Waals surface area contributed by atoms with Crippen molar-refractivity contribution in [3.63, 3.8) is 0 Å². The van der Waals surface area contributed by atoms with Crippen LogP contribution in [0.5, 0.6) is 17.2 Å². The van der Waals surface area contributed by atoms with Gasteiger partial charge in [-0.3, -0.25) is 9.59 Å². The van der Waals surface area contributed by atoms with E-state index in [-0.39, 0.29) is 17.9 Å². The lowest BCUT2D eigenvalue weighted by molar-refractivity contribution is -0.123. The Morgan fingerprint density at radius 3 is 1.82 bits per heavy atom. The van der Waals surface area contributed by atoms with Gasteiger partial charge in [-0.25, -0.2) is 0 Å². The van der Waals surface area contributed by atoms with E-state index in [0.29, 0.717) is 28.7 Å². The first-order valence-electron chi connectivity index (χ1n) is 11.6. The molecule has 0 spiro atoms. The maximum absolute atomic E-state index is 13.0. The number of rotatable bonds is 11. The molecule has 2 rings (SSSR count). The van der Waals surface area contributed by atoms with Crippen LogP contribution in [0.25, 0.3) is 0 Å². The predicted octanol–water partition coefficient (Wildman–Crippen LogP) is 4.54. The third kappa shape index (κ3) is 6.89. The van der Waals surface area contributed by atoms with Gasteiger partial charge in [0.2, 0.25) is 11.7 Å². The van der Waals surface area contributed by atoms with Crippen molar-refractivity contribution in [1.82, 2.24) is 10.6 Å². The summed E-state index contributed by atoms with van der Waals surface area (Å²) in [5.41, 5.74) is 2.62. The standard InChI is InChI=1S/C27H38N2O5/c1-16(2)13-19-9-11-20(12-10-19)24(17(3)4)29-26(30)18(5)28-27(31)21-14-22(32-6)25(34-8)23(15-21)33-7/h9-12,14-18,24H,13H2,1-8H3,(H,28,31)(H,29,30). The third-order valence-electron chi connectivity index (χ3n) is 5.62. The molecule has 0 radical (unpaired) electrons. The molecule has 0 aliphatic heterocycles. The van der Waals surface area contributed by atoms with Crippen LogP contribution in [0.2, 0.25) is 0 Å². The third-order valence-corrected chi connectivity index (χ3v) is 5.62. The zero-order valence-corrected chi connectivity index (χ0v) is 21.5. The van der Waals surface area contributed by atoms with Crippen molar-refractivity contribution in [3.05, 3.63) is 53.1 Å². The number of ether oxygens (including phenoxy) is 3. The van der Waals surface area contributed by atoms with Crippen LogP contribution in [0.3, 0.4) is 0 Å². The highest BCUT2D eigenvalue weighted by Crippen LogP contribution is 2.38. The molecule has 0 saturated carbocycles. The highest BCUT2D eigenvalue weighted by atomic mass is 16.5. The molecule has 0 aliphatic rings. The summed E-state index contributed by atoms with van der Waals surface area (Å²) < 4.78 is 15.9. The van der Waals surface area contributed by atoms with Crippen molar-refractivity contribution in [2.45, 2.75) is 53.1 Å². The Morgan fingerprint density at radius 2 is 1.38 bits per heavy atom. The van der Waals surface area contributed by atoms with Crippen molar-refractivity contribution >= 4 is 11.8 Å². The van der Waals surface area contributed by atoms with E-state index in [1.54, 1.807) is 19.1 Å². The molecule has 0 aromatic heterocycles. The molecule has 7 nitrogen and oxygen atoms in total. The largest absolute Gasteiger partial charge is 0.493 e. The van der Waals surface area contributed by atoms with Gasteiger partial charge < -0.3 is 24.8 Å². The SMILES string of the molecule is COc1cc(C(=O)NC(C)C(=O)NC(c2ccc(CC(C)C)cc2)C(C)C)cc(OC)c1OC. The second-order valence-corrected chi connectivity index (χ2v) is 9.18. The summed E-state index contributed by atoms with van der Waals surface area (Å²) in [5, 5.41) is 5.85. The van der Waals surface area contributed by atoms with Gasteiger partial charge in [-0.1, -0.05) is 52.0 Å². The molecule has 2 atom stereocenters. The summed E-state index contributed by atoms with van der Waals surface area (Å²) in [5.74, 6) is 1.22. The first-order chi connectivity index (χ1) is 16.1. The first-order valence-corrected chi connectivity index (χ1v) is 11.6. The van der Waals surface area contributed by atoms with Gasteiger partial charge in [0.15, 0.2) is 11.5 Å². The molecule has 2 unspecified atom stereocenters. The number of methoxy groups -OCH3 is 3. The lowest BCUT2D eigenvalue weighted by Crippen LogP contribution is -2.46. The summed E-state index contributed by atoms with van der Waals surface area (Å²) in [6.07, 6.45) is 1.02. The first kappa shape index (κ1) is 27.0. The molecule has 186 valence electrons. The number of nitrogens with one attached hydrogen (secondary N) is 2. The molecule has 2 N–H and O–H groups in total. The smallest absolute Gasteiger partial charge is 0.252 e. The van der Waals surface area contributed by atoms with Crippen molar-refractivity contribution in [2.75, 3.05) is 21.3 Å². The minimum Gasteiger partial charge on any atom is -0.493 e. The van der Waals surface area contributed by atoms with Crippen LogP contribution in [0.4, 0.5) is 0 Å². The fraction of sp³-hybridized carbons (Fsp3) is 0.481. The highest BCUT2D eigenvalue weighted by Gasteiger charge is 2.24. The number of benzene rings is 2. The summed E-state index contributed by atoms with van der Waals surface area (Å²) >= 11 is 0. The molecule has 7 heteroatoms. The molecule has 0 heterocycles. The van der Waals surface area contributed by atoms with E-state index in [9.17, 15) is 9.59 Å². The molecule has 2 aromatic carbocycles. The maximum atomic E-state index is 13.0. The van der Waals surface area contributed by atoms with Gasteiger partial charge in [0.1, 0.15) is 6.04 Å². The Bertz CT molecular complexity index is 944. The van der Waals surface area contributed by atoms with Crippen LogP contribution in [-0.2, 0) is 11.2 Å². The van der Waals surface area contributed by atoms with Crippen LogP contribution in [0.15, 0.2) is 36.4 Å². The van der Waals surface area contributed by atoms with Crippen LogP contribution >= 0.6 is 0 Å². The van der Waals surface area contributed by atoms with Crippen molar-refractivity contribution in [1.29, 1.82) is 0 Å². The van der Waals surface area contributed by atoms with Crippen molar-refractivity contribution in [2.24, 2.45) is 11.8 Å². The van der Waals surface area contributed by atoms with Crippen LogP contribution in [-0.4, -0.2) is 39.2 Å². The molecule has 0 saturated heterocycles. The second kappa shape index (κ2) is 12.3. The van der Waals surface area contributed by atoms with Gasteiger partial charge in [-0.15, -0.1) is 0 Å². The van der Waals surface area contributed by atoms with Gasteiger partial charge >= 0.3 is 0 Å². The minimum absolute atomic E-state index is 0.166. The Morgan fingerprint density at radius 1 is 0.824 bits per heavy atom. The minimum atomic E-state index is -0.743. The molecule has 2 amide bonds. The molecule has 2 aromatic rings. The van der Waals surface area contributed by atoms with E-state index in [0.717, 1.165) is 12.0 Å². The zero-order chi connectivity index (χ0) is 25.4. The monoisotopic (exact) mass is 470 g/mol. The van der Waals surface area contributed by atoms with E-state index in [2.05, 4.69) is 62.6 Å². The van der Waals surface area contributed by atoms with Gasteiger partial charge in [0.05, 0.1) is 27.4 Å². The number of amides is 2. The van der Waals surface area contributed by atoms with E-state index >= 15 is 0 Å². The number of hydrogen-bond acceptors (Lipinski definition) is 5. The Kier molecular flexibility index (Phi) is 9.78. The molecule has 0 aliphatic carbocycles. The van der Waals surface area contributed by atoms with Crippen molar-refractivity contribution in [3.8, 4) is 17.2 Å². The van der Waals surface area contributed by atoms with Crippen LogP contribution in [0.1, 0.15) is 62.1 Å². The Balaban J connectivity index is 2.12. The van der Waals surface area contributed by atoms with Gasteiger partial charge in [0.25, 0.3) is 5.91 Å². The molecular weight excluding hydrogens is 432 g/mol. The molecule has 0 bridgehead atoms. The fourth-order valence-corrected chi connectivity index (χ4v) is 3.80. The highest BCUT2D eigenvalue weighted by molar-refractivity contribution is 5.98. The van der Waals surface area contributed by atoms with Gasteiger partial charge in [0, 0.05) is 5.56 Å². The Hall–Kier alpha value is -3.22. The van der Waals surface area contributed by atoms with Crippen LogP contribution in [0, 0.1) is 11.8 Å². The number of hydrogen-bond donors (Lipinski definition) is 2. The predicted molar refractivity (Wildman–Crippen MR) is 134 cm³/mol. The van der Waals surface area contributed by atoms with E-state index in [1.165, 1.54) is 26.9 Å². The molecule has 34 heavy (non-hydrogen) atoms. The van der Waals surface area contributed by atoms with Crippen LogP contribution < -0.4 is 24.8 Å². The molecular formula is C27H38N2O5. The van der Waals surface area contributed by atoms with Gasteiger partial charge in [-0.05, 0) is 48.4 Å². The summed E-state index contributed by atoms with van der Waals surface area (Å²) in [6, 6.07) is 10.6.